The molecule has 0 fully saturated rings. The second kappa shape index (κ2) is 13.0. The van der Waals surface area contributed by atoms with Gasteiger partial charge in [-0.3, -0.25) is 4.72 Å². The van der Waals surface area contributed by atoms with Gasteiger partial charge in [-0.05, 0) is 96.7 Å². The van der Waals surface area contributed by atoms with Gasteiger partial charge < -0.3 is 10.1 Å². The molecule has 1 atom stereocenters. The van der Waals surface area contributed by atoms with E-state index in [1.807, 2.05) is 80.6 Å². The lowest BCUT2D eigenvalue weighted by Crippen LogP contribution is -2.20. The molecule has 0 saturated heterocycles. The number of benzene rings is 4. The Morgan fingerprint density at radius 3 is 1.79 bits per heavy atom. The minimum absolute atomic E-state index is 0.0106. The van der Waals surface area contributed by atoms with Gasteiger partial charge in [0.25, 0.3) is 10.0 Å². The fourth-order valence-corrected chi connectivity index (χ4v) is 6.95. The summed E-state index contributed by atoms with van der Waals surface area (Å²) in [5, 5.41) is 3.34. The van der Waals surface area contributed by atoms with Gasteiger partial charge >= 0.3 is 0 Å². The number of aryl methyl sites for hydroxylation is 2. The highest BCUT2D eigenvalue weighted by atomic mass is 32.2. The van der Waals surface area contributed by atoms with Crippen LogP contribution in [0.5, 0.6) is 11.5 Å². The van der Waals surface area contributed by atoms with E-state index in [0.29, 0.717) is 16.3 Å². The van der Waals surface area contributed by atoms with Crippen LogP contribution < -0.4 is 14.8 Å². The van der Waals surface area contributed by atoms with Crippen LogP contribution in [-0.2, 0) is 10.0 Å². The van der Waals surface area contributed by atoms with E-state index in [-0.39, 0.29) is 17.8 Å². The molecule has 42 heavy (non-hydrogen) atoms. The van der Waals surface area contributed by atoms with E-state index in [2.05, 4.69) is 51.6 Å². The highest BCUT2D eigenvalue weighted by Crippen LogP contribution is 2.47. The summed E-state index contributed by atoms with van der Waals surface area (Å²) in [5.41, 5.74) is 6.93. The first-order chi connectivity index (χ1) is 19.9. The Morgan fingerprint density at radius 2 is 1.24 bits per heavy atom. The molecule has 0 bridgehead atoms. The average molecular weight is 585 g/mol. The fraction of sp³-hybridized carbons (Fsp3) is 0.333. The second-order valence-corrected chi connectivity index (χ2v) is 13.4. The number of ether oxygens (including phenoxy) is 1. The zero-order chi connectivity index (χ0) is 30.6. The van der Waals surface area contributed by atoms with Gasteiger partial charge in [0, 0.05) is 22.6 Å². The van der Waals surface area contributed by atoms with Gasteiger partial charge in [-0.15, -0.1) is 0 Å². The van der Waals surface area contributed by atoms with E-state index in [0.717, 1.165) is 51.4 Å². The topological polar surface area (TPSA) is 67.4 Å². The minimum Gasteiger partial charge on any atom is -0.456 e. The van der Waals surface area contributed by atoms with Crippen molar-refractivity contribution in [2.45, 2.75) is 84.5 Å². The number of hydrogen-bond acceptors (Lipinski definition) is 4. The summed E-state index contributed by atoms with van der Waals surface area (Å²) >= 11 is 0. The summed E-state index contributed by atoms with van der Waals surface area (Å²) in [6, 6.07) is 25.3. The molecule has 1 unspecified atom stereocenters. The van der Waals surface area contributed by atoms with Crippen molar-refractivity contribution < 1.29 is 13.2 Å². The highest BCUT2D eigenvalue weighted by molar-refractivity contribution is 7.92. The zero-order valence-corrected chi connectivity index (χ0v) is 26.9. The first-order valence-corrected chi connectivity index (χ1v) is 16.3. The maximum Gasteiger partial charge on any atom is 0.262 e. The molecule has 0 aromatic heterocycles. The number of nitrogens with one attached hydrogen (secondary N) is 2. The number of anilines is 3. The second-order valence-electron chi connectivity index (χ2n) is 11.7. The Bertz CT molecular complexity index is 1610. The number of hydrogen-bond donors (Lipinski definition) is 2. The van der Waals surface area contributed by atoms with Crippen LogP contribution in [0, 0.1) is 13.8 Å². The average Bonchev–Trinajstić information content (AvgIpc) is 2.95. The lowest BCUT2D eigenvalue weighted by molar-refractivity contribution is 0.449. The molecule has 4 aromatic rings. The van der Waals surface area contributed by atoms with E-state index in [1.165, 1.54) is 0 Å². The third-order valence-corrected chi connectivity index (χ3v) is 9.25. The van der Waals surface area contributed by atoms with Crippen LogP contribution in [0.3, 0.4) is 0 Å². The van der Waals surface area contributed by atoms with Gasteiger partial charge in [-0.2, -0.15) is 0 Å². The molecule has 0 aliphatic heterocycles. The third-order valence-electron chi connectivity index (χ3n) is 7.76. The van der Waals surface area contributed by atoms with Crippen molar-refractivity contribution in [2.24, 2.45) is 0 Å². The molecular weight excluding hydrogens is 540 g/mol. The molecule has 2 N–H and O–H groups in total. The molecule has 0 aliphatic carbocycles. The lowest BCUT2D eigenvalue weighted by Gasteiger charge is -2.28. The van der Waals surface area contributed by atoms with Crippen molar-refractivity contribution in [1.82, 2.24) is 0 Å². The van der Waals surface area contributed by atoms with Gasteiger partial charge in [0.2, 0.25) is 0 Å². The van der Waals surface area contributed by atoms with Gasteiger partial charge in [-0.25, -0.2) is 8.42 Å². The van der Waals surface area contributed by atoms with E-state index in [4.69, 9.17) is 4.74 Å². The molecule has 0 aliphatic rings. The summed E-state index contributed by atoms with van der Waals surface area (Å²) < 4.78 is 38.4. The molecule has 4 aromatic carbocycles. The van der Waals surface area contributed by atoms with Gasteiger partial charge in [0.15, 0.2) is 0 Å². The number of rotatable bonds is 11. The molecular formula is C36H44N2O3S. The Morgan fingerprint density at radius 1 is 0.690 bits per heavy atom. The molecule has 222 valence electrons. The fourth-order valence-electron chi connectivity index (χ4n) is 5.21. The molecule has 0 heterocycles. The van der Waals surface area contributed by atoms with Gasteiger partial charge in [0.1, 0.15) is 11.5 Å². The molecule has 0 radical (unpaired) electrons. The van der Waals surface area contributed by atoms with Crippen molar-refractivity contribution in [3.8, 4) is 11.5 Å². The van der Waals surface area contributed by atoms with E-state index in [9.17, 15) is 8.42 Å². The maximum absolute atomic E-state index is 14.4. The van der Waals surface area contributed by atoms with E-state index >= 15 is 0 Å². The summed E-state index contributed by atoms with van der Waals surface area (Å²) in [5.74, 6) is 1.51. The molecule has 5 nitrogen and oxygen atoms in total. The maximum atomic E-state index is 14.4. The molecule has 4 rings (SSSR count). The Labute approximate surface area is 252 Å². The van der Waals surface area contributed by atoms with Crippen molar-refractivity contribution in [3.05, 3.63) is 107 Å². The Kier molecular flexibility index (Phi) is 9.67. The summed E-state index contributed by atoms with van der Waals surface area (Å²) in [6.45, 7) is 16.6. The molecule has 6 heteroatoms. The first-order valence-electron chi connectivity index (χ1n) is 14.8. The van der Waals surface area contributed by atoms with Crippen LogP contribution in [0.4, 0.5) is 17.1 Å². The van der Waals surface area contributed by atoms with Crippen LogP contribution in [0.1, 0.15) is 93.5 Å². The molecule has 0 amide bonds. The first kappa shape index (κ1) is 31.2. The Hall–Kier alpha value is -3.77. The number of para-hydroxylation sites is 2. The predicted octanol–water partition coefficient (Wildman–Crippen LogP) is 10.4. The van der Waals surface area contributed by atoms with Crippen LogP contribution in [-0.4, -0.2) is 8.42 Å². The molecule has 0 saturated carbocycles. The SMILES string of the molecule is CCC(C)c1c(Oc2c(C)cccc2C)c(C(C)C)cc(C(C)C)c1S(=O)(=O)Nc1ccc(Nc2ccccc2)cc1. The van der Waals surface area contributed by atoms with Gasteiger partial charge in [0.05, 0.1) is 4.90 Å². The normalized spacial score (nSPS) is 12.4. The molecule has 0 spiro atoms. The summed E-state index contributed by atoms with van der Waals surface area (Å²) in [7, 11) is -3.97. The third kappa shape index (κ3) is 6.81. The smallest absolute Gasteiger partial charge is 0.262 e. The van der Waals surface area contributed by atoms with Crippen LogP contribution in [0.25, 0.3) is 0 Å². The minimum atomic E-state index is -3.97. The van der Waals surface area contributed by atoms with Crippen molar-refractivity contribution in [1.29, 1.82) is 0 Å². The van der Waals surface area contributed by atoms with Crippen LogP contribution in [0.2, 0.25) is 0 Å². The summed E-state index contributed by atoms with van der Waals surface area (Å²) in [4.78, 5) is 0.323. The van der Waals surface area contributed by atoms with Crippen molar-refractivity contribution in [3.63, 3.8) is 0 Å². The monoisotopic (exact) mass is 584 g/mol. The Balaban J connectivity index is 1.85. The largest absolute Gasteiger partial charge is 0.456 e. The van der Waals surface area contributed by atoms with E-state index < -0.39 is 10.0 Å². The highest BCUT2D eigenvalue weighted by Gasteiger charge is 2.32. The predicted molar refractivity (Wildman–Crippen MR) is 176 cm³/mol. The summed E-state index contributed by atoms with van der Waals surface area (Å²) in [6.07, 6.45) is 0.768. The van der Waals surface area contributed by atoms with Crippen LogP contribution in [0.15, 0.2) is 83.8 Å². The van der Waals surface area contributed by atoms with Crippen LogP contribution >= 0.6 is 0 Å². The number of sulfonamides is 1. The quantitative estimate of drug-likeness (QED) is 0.184. The van der Waals surface area contributed by atoms with Crippen molar-refractivity contribution >= 4 is 27.1 Å². The van der Waals surface area contributed by atoms with Gasteiger partial charge in [-0.1, -0.05) is 84.0 Å². The lowest BCUT2D eigenvalue weighted by atomic mass is 9.86. The van der Waals surface area contributed by atoms with Crippen molar-refractivity contribution in [2.75, 3.05) is 10.0 Å². The van der Waals surface area contributed by atoms with E-state index in [1.54, 1.807) is 12.1 Å². The standard InChI is InChI=1S/C36H44N2O3S/c1-9-25(6)33-35(41-34-26(7)14-13-15-27(34)8)31(23(2)3)22-32(24(4)5)36(33)42(39,40)38-30-20-18-29(19-21-30)37-28-16-11-10-12-17-28/h10-25,37-38H,9H2,1-8H3. The zero-order valence-electron chi connectivity index (χ0n) is 26.1.